The molecule has 0 spiro atoms. The van der Waals surface area contributed by atoms with Crippen LogP contribution in [0.15, 0.2) is 41.3 Å². The van der Waals surface area contributed by atoms with Crippen LogP contribution in [-0.4, -0.2) is 58.0 Å². The molecule has 192 valence electrons. The normalized spacial score (nSPS) is 16.0. The fraction of sp³-hybridized carbons (Fsp3) is 0.409. The summed E-state index contributed by atoms with van der Waals surface area (Å²) in [6, 6.07) is 6.37. The quantitative estimate of drug-likeness (QED) is 0.512. The number of carbonyl (C=O) groups is 1. The van der Waals surface area contributed by atoms with Crippen LogP contribution in [0.5, 0.6) is 11.5 Å². The molecule has 1 aliphatic rings. The first-order valence-electron chi connectivity index (χ1n) is 10.1. The highest BCUT2D eigenvalue weighted by Gasteiger charge is 2.41. The zero-order chi connectivity index (χ0) is 26.3. The van der Waals surface area contributed by atoms with Gasteiger partial charge in [-0.3, -0.25) is 4.79 Å². The number of likely N-dealkylation sites (tertiary alicyclic amines) is 1. The van der Waals surface area contributed by atoms with E-state index >= 15 is 0 Å². The van der Waals surface area contributed by atoms with Crippen molar-refractivity contribution < 1.29 is 49.0 Å². The van der Waals surface area contributed by atoms with Gasteiger partial charge in [0, 0.05) is 25.3 Å². The average Bonchev–Trinajstić information content (AvgIpc) is 2.70. The molecule has 1 heterocycles. The van der Waals surface area contributed by atoms with Crippen molar-refractivity contribution in [2.24, 2.45) is 0 Å². The van der Waals surface area contributed by atoms with E-state index in [4.69, 9.17) is 9.47 Å². The molecule has 0 saturated carbocycles. The first-order chi connectivity index (χ1) is 16.0. The van der Waals surface area contributed by atoms with Crippen molar-refractivity contribution in [3.8, 4) is 11.5 Å². The van der Waals surface area contributed by atoms with E-state index in [1.807, 2.05) is 0 Å². The maximum Gasteiger partial charge on any atom is 0.425 e. The van der Waals surface area contributed by atoms with Gasteiger partial charge in [0.1, 0.15) is 16.2 Å². The van der Waals surface area contributed by atoms with E-state index in [1.54, 1.807) is 0 Å². The van der Waals surface area contributed by atoms with E-state index in [0.29, 0.717) is 5.56 Å². The molecule has 6 nitrogen and oxygen atoms in total. The lowest BCUT2D eigenvalue weighted by atomic mass is 9.90. The van der Waals surface area contributed by atoms with Gasteiger partial charge in [0.05, 0.1) is 12.7 Å². The van der Waals surface area contributed by atoms with Crippen LogP contribution in [0, 0.1) is 0 Å². The minimum absolute atomic E-state index is 0.0463. The lowest BCUT2D eigenvalue weighted by Crippen LogP contribution is -2.48. The smallest absolute Gasteiger partial charge is 0.425 e. The molecule has 35 heavy (non-hydrogen) atoms. The molecule has 0 aromatic heterocycles. The maximum atomic E-state index is 13.2. The van der Waals surface area contributed by atoms with Crippen LogP contribution in [-0.2, 0) is 16.0 Å². The second-order valence-electron chi connectivity index (χ2n) is 8.07. The third-order valence-corrected chi connectivity index (χ3v) is 6.66. The van der Waals surface area contributed by atoms with Crippen molar-refractivity contribution in [3.05, 3.63) is 53.1 Å². The molecule has 1 amide bonds. The van der Waals surface area contributed by atoms with Crippen molar-refractivity contribution in [2.45, 2.75) is 36.2 Å². The second-order valence-corrected chi connectivity index (χ2v) is 10.1. The van der Waals surface area contributed by atoms with Crippen LogP contribution < -0.4 is 9.47 Å². The van der Waals surface area contributed by atoms with Gasteiger partial charge >= 0.3 is 12.4 Å². The van der Waals surface area contributed by atoms with Crippen molar-refractivity contribution in [1.29, 1.82) is 0 Å². The summed E-state index contributed by atoms with van der Waals surface area (Å²) in [5.74, 6) is -2.12. The van der Waals surface area contributed by atoms with Gasteiger partial charge < -0.3 is 14.4 Å². The molecule has 2 aromatic carbocycles. The van der Waals surface area contributed by atoms with Gasteiger partial charge in [0.15, 0.2) is 21.7 Å². The summed E-state index contributed by atoms with van der Waals surface area (Å²) in [6.45, 7) is 0.824. The van der Waals surface area contributed by atoms with E-state index in [-0.39, 0.29) is 19.0 Å². The number of ether oxygens (including phenoxy) is 2. The number of nitrogens with zero attached hydrogens (tertiary/aromatic N) is 1. The number of methoxy groups -OCH3 is 1. The van der Waals surface area contributed by atoms with Crippen LogP contribution in [0.4, 0.5) is 26.3 Å². The highest BCUT2D eigenvalue weighted by molar-refractivity contribution is 7.90. The Morgan fingerprint density at radius 1 is 1.03 bits per heavy atom. The summed E-state index contributed by atoms with van der Waals surface area (Å²) in [7, 11) is -2.86. The Bertz CT molecular complexity index is 1200. The SMILES string of the molecule is COc1c(S(C)(=O)=O)ccc(O[C@@H](C)C(F)(F)F)c1C(=O)N1CC(c2ccc(C(F)(F)F)cc2)C1. The van der Waals surface area contributed by atoms with Gasteiger partial charge in [-0.25, -0.2) is 8.42 Å². The Hall–Kier alpha value is -2.96. The molecular weight excluding hydrogens is 504 g/mol. The largest absolute Gasteiger partial charge is 0.494 e. The van der Waals surface area contributed by atoms with Gasteiger partial charge in [-0.05, 0) is 36.8 Å². The van der Waals surface area contributed by atoms with Crippen LogP contribution in [0.1, 0.15) is 34.3 Å². The number of rotatable bonds is 6. The number of halogens is 6. The van der Waals surface area contributed by atoms with E-state index in [2.05, 4.69) is 0 Å². The van der Waals surface area contributed by atoms with Crippen LogP contribution in [0.3, 0.4) is 0 Å². The van der Waals surface area contributed by atoms with Crippen LogP contribution >= 0.6 is 0 Å². The number of carbonyl (C=O) groups excluding carboxylic acids is 1. The summed E-state index contributed by atoms with van der Waals surface area (Å²) in [5.41, 5.74) is -0.769. The molecule has 0 N–H and O–H groups in total. The lowest BCUT2D eigenvalue weighted by Gasteiger charge is -2.40. The minimum Gasteiger partial charge on any atom is -0.494 e. The number of hydrogen-bond donors (Lipinski definition) is 0. The first-order valence-corrected chi connectivity index (χ1v) is 12.0. The minimum atomic E-state index is -4.76. The van der Waals surface area contributed by atoms with Crippen molar-refractivity contribution in [1.82, 2.24) is 4.90 Å². The summed E-state index contributed by atoms with van der Waals surface area (Å²) < 4.78 is 112. The number of alkyl halides is 6. The molecule has 0 unspecified atom stereocenters. The maximum absolute atomic E-state index is 13.2. The standard InChI is InChI=1S/C22H21F6NO5S/c1-12(21(23,24)25)34-16-8-9-17(35(3,31)32)19(33-2)18(16)20(30)29-10-14(11-29)13-4-6-15(7-5-13)22(26,27)28/h4-9,12,14H,10-11H2,1-3H3/t12-/m0/s1. The van der Waals surface area contributed by atoms with E-state index in [9.17, 15) is 39.6 Å². The van der Waals surface area contributed by atoms with Gasteiger partial charge in [0.25, 0.3) is 5.91 Å². The highest BCUT2D eigenvalue weighted by atomic mass is 32.2. The van der Waals surface area contributed by atoms with Gasteiger partial charge in [0.2, 0.25) is 0 Å². The van der Waals surface area contributed by atoms with Gasteiger partial charge in [-0.15, -0.1) is 0 Å². The van der Waals surface area contributed by atoms with Crippen LogP contribution in [0.25, 0.3) is 0 Å². The van der Waals surface area contributed by atoms with Gasteiger partial charge in [-0.2, -0.15) is 26.3 Å². The molecule has 1 atom stereocenters. The molecule has 1 saturated heterocycles. The molecule has 0 aliphatic carbocycles. The van der Waals surface area contributed by atoms with E-state index in [0.717, 1.165) is 44.6 Å². The Labute approximate surface area is 197 Å². The number of hydrogen-bond acceptors (Lipinski definition) is 5. The van der Waals surface area contributed by atoms with Crippen LogP contribution in [0.2, 0.25) is 0 Å². The third-order valence-electron chi connectivity index (χ3n) is 5.54. The Morgan fingerprint density at radius 3 is 2.06 bits per heavy atom. The first kappa shape index (κ1) is 26.6. The van der Waals surface area contributed by atoms with Crippen molar-refractivity contribution >= 4 is 15.7 Å². The average molecular weight is 525 g/mol. The molecular formula is C22H21F6NO5S. The Morgan fingerprint density at radius 2 is 1.60 bits per heavy atom. The predicted molar refractivity (Wildman–Crippen MR) is 112 cm³/mol. The number of sulfone groups is 1. The zero-order valence-corrected chi connectivity index (χ0v) is 19.5. The van der Waals surface area contributed by atoms with Gasteiger partial charge in [-0.1, -0.05) is 12.1 Å². The zero-order valence-electron chi connectivity index (χ0n) is 18.7. The molecule has 3 rings (SSSR count). The molecule has 1 aliphatic heterocycles. The Kier molecular flexibility index (Phi) is 7.04. The summed E-state index contributed by atoms with van der Waals surface area (Å²) in [6.07, 6.45) is -10.7. The fourth-order valence-corrected chi connectivity index (χ4v) is 4.39. The lowest BCUT2D eigenvalue weighted by molar-refractivity contribution is -0.189. The topological polar surface area (TPSA) is 72.9 Å². The fourth-order valence-electron chi connectivity index (χ4n) is 3.56. The predicted octanol–water partition coefficient (Wildman–Crippen LogP) is 4.69. The second kappa shape index (κ2) is 9.25. The molecule has 13 heteroatoms. The summed E-state index contributed by atoms with van der Waals surface area (Å²) >= 11 is 0. The number of benzene rings is 2. The molecule has 0 bridgehead atoms. The molecule has 2 aromatic rings. The number of amides is 1. The molecule has 0 radical (unpaired) electrons. The van der Waals surface area contributed by atoms with E-state index in [1.165, 1.54) is 17.0 Å². The van der Waals surface area contributed by atoms with E-state index < -0.39 is 61.7 Å². The van der Waals surface area contributed by atoms with Crippen molar-refractivity contribution in [3.63, 3.8) is 0 Å². The monoisotopic (exact) mass is 525 g/mol. The highest BCUT2D eigenvalue weighted by Crippen LogP contribution is 2.40. The Balaban J connectivity index is 1.92. The third kappa shape index (κ3) is 5.65. The summed E-state index contributed by atoms with van der Waals surface area (Å²) in [4.78, 5) is 14.1. The molecule has 1 fully saturated rings. The van der Waals surface area contributed by atoms with Crippen molar-refractivity contribution in [2.75, 3.05) is 26.5 Å². The summed E-state index contributed by atoms with van der Waals surface area (Å²) in [5, 5.41) is 0.